The summed E-state index contributed by atoms with van der Waals surface area (Å²) >= 11 is 0. The lowest BCUT2D eigenvalue weighted by molar-refractivity contribution is -0.121. The second-order valence-electron chi connectivity index (χ2n) is 7.43. The van der Waals surface area contributed by atoms with Crippen molar-refractivity contribution >= 4 is 5.91 Å². The lowest BCUT2D eigenvalue weighted by Crippen LogP contribution is -2.39. The highest BCUT2D eigenvalue weighted by Gasteiger charge is 2.21. The zero-order chi connectivity index (χ0) is 19.1. The van der Waals surface area contributed by atoms with E-state index in [9.17, 15) is 4.79 Å². The van der Waals surface area contributed by atoms with E-state index < -0.39 is 0 Å². The first-order chi connectivity index (χ1) is 13.2. The topological polar surface area (TPSA) is 51.2 Å². The average molecular weight is 367 g/mol. The van der Waals surface area contributed by atoms with Crippen LogP contribution in [-0.2, 0) is 11.2 Å². The summed E-state index contributed by atoms with van der Waals surface area (Å²) in [7, 11) is 0. The number of pyridine rings is 1. The average Bonchev–Trinajstić information content (AvgIpc) is 2.70. The second-order valence-corrected chi connectivity index (χ2v) is 7.43. The van der Waals surface area contributed by atoms with Crippen molar-refractivity contribution in [3.05, 3.63) is 48.3 Å². The molecule has 1 amide bonds. The molecule has 0 radical (unpaired) electrons. The van der Waals surface area contributed by atoms with Crippen LogP contribution >= 0.6 is 0 Å². The van der Waals surface area contributed by atoms with Crippen LogP contribution in [0.3, 0.4) is 0 Å². The zero-order valence-electron chi connectivity index (χ0n) is 16.4. The Bertz CT molecular complexity index is 719. The predicted molar refractivity (Wildman–Crippen MR) is 109 cm³/mol. The van der Waals surface area contributed by atoms with Gasteiger partial charge in [0, 0.05) is 23.5 Å². The van der Waals surface area contributed by atoms with E-state index in [1.807, 2.05) is 49.5 Å². The van der Waals surface area contributed by atoms with Gasteiger partial charge in [-0.2, -0.15) is 0 Å². The molecule has 0 saturated heterocycles. The Morgan fingerprint density at radius 2 is 1.81 bits per heavy atom. The highest BCUT2D eigenvalue weighted by atomic mass is 16.5. The number of aromatic nitrogens is 1. The first-order valence-electron chi connectivity index (χ1n) is 10.1. The number of carbonyl (C=O) groups is 1. The normalized spacial score (nSPS) is 15.9. The first kappa shape index (κ1) is 19.4. The standard InChI is InChI=1S/C23H30N2O2/c1-3-27-22-13-10-19(11-14-22)20-9-12-21(24-16-20)15-23(26)25-17(2)18-7-5-4-6-8-18/h9-14,16-18H,3-8,15H2,1-2H3,(H,25,26)/t17-/m1/s1. The summed E-state index contributed by atoms with van der Waals surface area (Å²) in [5.74, 6) is 1.56. The molecule has 3 rings (SSSR count). The summed E-state index contributed by atoms with van der Waals surface area (Å²) in [5.41, 5.74) is 2.93. The maximum atomic E-state index is 12.4. The van der Waals surface area contributed by atoms with E-state index in [4.69, 9.17) is 4.74 Å². The highest BCUT2D eigenvalue weighted by molar-refractivity contribution is 5.78. The lowest BCUT2D eigenvalue weighted by Gasteiger charge is -2.28. The van der Waals surface area contributed by atoms with Crippen LogP contribution in [0.25, 0.3) is 11.1 Å². The molecule has 1 fully saturated rings. The molecule has 1 aliphatic carbocycles. The van der Waals surface area contributed by atoms with Gasteiger partial charge in [0.05, 0.1) is 13.0 Å². The molecule has 1 N–H and O–H groups in total. The molecule has 1 heterocycles. The fourth-order valence-electron chi connectivity index (χ4n) is 3.83. The van der Waals surface area contributed by atoms with E-state index in [1.54, 1.807) is 0 Å². The Kier molecular flexibility index (Phi) is 6.86. The molecule has 1 atom stereocenters. The van der Waals surface area contributed by atoms with Crippen LogP contribution in [0.1, 0.15) is 51.6 Å². The van der Waals surface area contributed by atoms with Crippen LogP contribution < -0.4 is 10.1 Å². The van der Waals surface area contributed by atoms with Crippen LogP contribution in [0.5, 0.6) is 5.75 Å². The van der Waals surface area contributed by atoms with Crippen LogP contribution in [0.4, 0.5) is 0 Å². The van der Waals surface area contributed by atoms with Crippen molar-refractivity contribution in [1.82, 2.24) is 10.3 Å². The van der Waals surface area contributed by atoms with E-state index in [0.717, 1.165) is 22.6 Å². The van der Waals surface area contributed by atoms with Gasteiger partial charge in [-0.3, -0.25) is 9.78 Å². The SMILES string of the molecule is CCOc1ccc(-c2ccc(CC(=O)N[C@H](C)C3CCCCC3)nc2)cc1. The molecule has 1 saturated carbocycles. The molecule has 144 valence electrons. The predicted octanol–water partition coefficient (Wildman–Crippen LogP) is 4.77. The summed E-state index contributed by atoms with van der Waals surface area (Å²) in [4.78, 5) is 16.8. The number of hydrogen-bond acceptors (Lipinski definition) is 3. The number of rotatable bonds is 7. The molecular weight excluding hydrogens is 336 g/mol. The van der Waals surface area contributed by atoms with Crippen LogP contribution in [0.15, 0.2) is 42.6 Å². The summed E-state index contributed by atoms with van der Waals surface area (Å²) in [6, 6.07) is 12.2. The van der Waals surface area contributed by atoms with Gasteiger partial charge < -0.3 is 10.1 Å². The summed E-state index contributed by atoms with van der Waals surface area (Å²) in [6.07, 6.45) is 8.55. The third-order valence-electron chi connectivity index (χ3n) is 5.41. The van der Waals surface area contributed by atoms with Gasteiger partial charge >= 0.3 is 0 Å². The molecule has 0 bridgehead atoms. The van der Waals surface area contributed by atoms with Crippen LogP contribution in [0, 0.1) is 5.92 Å². The summed E-state index contributed by atoms with van der Waals surface area (Å²) in [5, 5.41) is 3.17. The van der Waals surface area contributed by atoms with Gasteiger partial charge in [-0.05, 0) is 56.4 Å². The molecule has 0 aliphatic heterocycles. The molecule has 2 aromatic rings. The Labute approximate surface area is 162 Å². The third kappa shape index (κ3) is 5.56. The second kappa shape index (κ2) is 9.54. The van der Waals surface area contributed by atoms with Gasteiger partial charge in [-0.15, -0.1) is 0 Å². The maximum absolute atomic E-state index is 12.4. The molecule has 4 heteroatoms. The Hall–Kier alpha value is -2.36. The minimum atomic E-state index is 0.0643. The maximum Gasteiger partial charge on any atom is 0.226 e. The Morgan fingerprint density at radius 3 is 2.44 bits per heavy atom. The monoisotopic (exact) mass is 366 g/mol. The molecule has 0 unspecified atom stereocenters. The van der Waals surface area contributed by atoms with Crippen molar-refractivity contribution < 1.29 is 9.53 Å². The van der Waals surface area contributed by atoms with Crippen molar-refractivity contribution in [2.24, 2.45) is 5.92 Å². The number of ether oxygens (including phenoxy) is 1. The molecule has 1 aliphatic rings. The lowest BCUT2D eigenvalue weighted by atomic mass is 9.84. The molecular formula is C23H30N2O2. The van der Waals surface area contributed by atoms with Gasteiger partial charge in [0.1, 0.15) is 5.75 Å². The van der Waals surface area contributed by atoms with Gasteiger partial charge in [-0.25, -0.2) is 0 Å². The van der Waals surface area contributed by atoms with E-state index in [0.29, 0.717) is 18.9 Å². The smallest absolute Gasteiger partial charge is 0.226 e. The van der Waals surface area contributed by atoms with Gasteiger partial charge in [0.25, 0.3) is 0 Å². The van der Waals surface area contributed by atoms with E-state index in [1.165, 1.54) is 32.1 Å². The number of carbonyl (C=O) groups excluding carboxylic acids is 1. The zero-order valence-corrected chi connectivity index (χ0v) is 16.4. The number of nitrogens with one attached hydrogen (secondary N) is 1. The summed E-state index contributed by atoms with van der Waals surface area (Å²) in [6.45, 7) is 4.77. The molecule has 27 heavy (non-hydrogen) atoms. The minimum Gasteiger partial charge on any atom is -0.494 e. The quantitative estimate of drug-likeness (QED) is 0.767. The number of benzene rings is 1. The highest BCUT2D eigenvalue weighted by Crippen LogP contribution is 2.26. The third-order valence-corrected chi connectivity index (χ3v) is 5.41. The fourth-order valence-corrected chi connectivity index (χ4v) is 3.83. The van der Waals surface area contributed by atoms with Gasteiger partial charge in [-0.1, -0.05) is 37.5 Å². The van der Waals surface area contributed by atoms with Crippen molar-refractivity contribution in [3.8, 4) is 16.9 Å². The molecule has 1 aromatic carbocycles. The summed E-state index contributed by atoms with van der Waals surface area (Å²) < 4.78 is 5.47. The van der Waals surface area contributed by atoms with Gasteiger partial charge in [0.15, 0.2) is 0 Å². The number of hydrogen-bond donors (Lipinski definition) is 1. The van der Waals surface area contributed by atoms with E-state index >= 15 is 0 Å². The Balaban J connectivity index is 1.54. The van der Waals surface area contributed by atoms with Crippen molar-refractivity contribution in [2.45, 2.75) is 58.4 Å². The van der Waals surface area contributed by atoms with Crippen molar-refractivity contribution in [3.63, 3.8) is 0 Å². The largest absolute Gasteiger partial charge is 0.494 e. The van der Waals surface area contributed by atoms with E-state index in [2.05, 4.69) is 17.2 Å². The van der Waals surface area contributed by atoms with E-state index in [-0.39, 0.29) is 11.9 Å². The Morgan fingerprint density at radius 1 is 1.11 bits per heavy atom. The molecule has 0 spiro atoms. The van der Waals surface area contributed by atoms with Crippen LogP contribution in [0.2, 0.25) is 0 Å². The van der Waals surface area contributed by atoms with Crippen LogP contribution in [-0.4, -0.2) is 23.5 Å². The number of nitrogens with zero attached hydrogens (tertiary/aromatic N) is 1. The molecule has 1 aromatic heterocycles. The van der Waals surface area contributed by atoms with Crippen molar-refractivity contribution in [1.29, 1.82) is 0 Å². The molecule has 4 nitrogen and oxygen atoms in total. The first-order valence-corrected chi connectivity index (χ1v) is 10.1. The fraction of sp³-hybridized carbons (Fsp3) is 0.478. The number of amides is 1. The van der Waals surface area contributed by atoms with Crippen molar-refractivity contribution in [2.75, 3.05) is 6.61 Å². The van der Waals surface area contributed by atoms with Gasteiger partial charge in [0.2, 0.25) is 5.91 Å². The minimum absolute atomic E-state index is 0.0643.